The van der Waals surface area contributed by atoms with Gasteiger partial charge in [0, 0.05) is 5.39 Å². The maximum atomic E-state index is 5.55. The Balaban J connectivity index is 2.82. The third-order valence-electron chi connectivity index (χ3n) is 1.46. The molecule has 0 aliphatic rings. The van der Waals surface area contributed by atoms with E-state index < -0.39 is 0 Å². The van der Waals surface area contributed by atoms with E-state index in [1.54, 1.807) is 6.20 Å². The molecule has 2 aromatic heterocycles. The number of nitrogens with one attached hydrogen (secondary N) is 1. The van der Waals surface area contributed by atoms with Crippen molar-refractivity contribution in [3.63, 3.8) is 0 Å². The number of hydrogen-bond acceptors (Lipinski definition) is 2. The second-order valence-corrected chi connectivity index (χ2v) is 3.49. The number of nitrogens with two attached hydrogens (primary N) is 1. The van der Waals surface area contributed by atoms with Crippen LogP contribution in [0.4, 0.5) is 5.69 Å². The molecule has 2 heterocycles. The third kappa shape index (κ3) is 1.18. The van der Waals surface area contributed by atoms with E-state index in [4.69, 9.17) is 5.73 Å². The third-order valence-corrected chi connectivity index (χ3v) is 2.04. The molecule has 0 unspecified atom stereocenters. The van der Waals surface area contributed by atoms with Crippen LogP contribution >= 0.6 is 22.6 Å². The highest BCUT2D eigenvalue weighted by atomic mass is 127. The Morgan fingerprint density at radius 3 is 3.09 bits per heavy atom. The van der Waals surface area contributed by atoms with E-state index in [2.05, 4.69) is 32.6 Å². The summed E-state index contributed by atoms with van der Waals surface area (Å²) in [5.74, 6) is 0. The Hall–Kier alpha value is -0.780. The van der Waals surface area contributed by atoms with E-state index in [0.29, 0.717) is 5.69 Å². The van der Waals surface area contributed by atoms with Crippen molar-refractivity contribution in [3.05, 3.63) is 22.0 Å². The van der Waals surface area contributed by atoms with Crippen molar-refractivity contribution in [2.24, 2.45) is 0 Å². The van der Waals surface area contributed by atoms with Crippen LogP contribution in [0, 0.1) is 3.70 Å². The highest BCUT2D eigenvalue weighted by Gasteiger charge is 1.98. The molecule has 0 radical (unpaired) electrons. The van der Waals surface area contributed by atoms with Crippen molar-refractivity contribution in [2.75, 3.05) is 5.73 Å². The first-order valence-corrected chi connectivity index (χ1v) is 4.23. The zero-order valence-electron chi connectivity index (χ0n) is 5.63. The maximum Gasteiger partial charge on any atom is 0.138 e. The van der Waals surface area contributed by atoms with Crippen LogP contribution in [-0.2, 0) is 0 Å². The number of anilines is 1. The lowest BCUT2D eigenvalue weighted by Crippen LogP contribution is -1.85. The summed E-state index contributed by atoms with van der Waals surface area (Å²) in [5.41, 5.74) is 7.15. The van der Waals surface area contributed by atoms with Gasteiger partial charge in [-0.1, -0.05) is 0 Å². The largest absolute Gasteiger partial charge is 0.397 e. The fourth-order valence-electron chi connectivity index (χ4n) is 0.999. The van der Waals surface area contributed by atoms with Crippen LogP contribution < -0.4 is 5.73 Å². The van der Waals surface area contributed by atoms with Crippen molar-refractivity contribution in [2.45, 2.75) is 0 Å². The number of halogens is 1. The average molecular weight is 259 g/mol. The maximum absolute atomic E-state index is 5.55. The van der Waals surface area contributed by atoms with Gasteiger partial charge in [-0.3, -0.25) is 0 Å². The first kappa shape index (κ1) is 6.90. The highest BCUT2D eigenvalue weighted by molar-refractivity contribution is 14.1. The summed E-state index contributed by atoms with van der Waals surface area (Å²) in [7, 11) is 0. The van der Waals surface area contributed by atoms with E-state index in [-0.39, 0.29) is 0 Å². The van der Waals surface area contributed by atoms with E-state index in [1.807, 2.05) is 12.1 Å². The van der Waals surface area contributed by atoms with E-state index >= 15 is 0 Å². The minimum Gasteiger partial charge on any atom is -0.397 e. The Morgan fingerprint density at radius 2 is 2.27 bits per heavy atom. The normalized spacial score (nSPS) is 10.6. The van der Waals surface area contributed by atoms with Gasteiger partial charge in [0.2, 0.25) is 0 Å². The number of pyridine rings is 1. The SMILES string of the molecule is Nc1cnc2[nH]c(I)cc2c1. The Labute approximate surface area is 77.1 Å². The molecular weight excluding hydrogens is 253 g/mol. The minimum atomic E-state index is 0.702. The second-order valence-electron chi connectivity index (χ2n) is 2.32. The summed E-state index contributed by atoms with van der Waals surface area (Å²) in [5, 5.41) is 1.06. The van der Waals surface area contributed by atoms with E-state index in [0.717, 1.165) is 14.7 Å². The van der Waals surface area contributed by atoms with Crippen LogP contribution in [0.5, 0.6) is 0 Å². The molecule has 0 atom stereocenters. The molecule has 0 saturated heterocycles. The Bertz CT molecular complexity index is 393. The van der Waals surface area contributed by atoms with Crippen LogP contribution in [0.15, 0.2) is 18.3 Å². The Morgan fingerprint density at radius 1 is 1.45 bits per heavy atom. The molecule has 0 aromatic carbocycles. The van der Waals surface area contributed by atoms with Crippen LogP contribution in [-0.4, -0.2) is 9.97 Å². The van der Waals surface area contributed by atoms with Gasteiger partial charge in [0.1, 0.15) is 5.65 Å². The minimum absolute atomic E-state index is 0.702. The number of rotatable bonds is 0. The van der Waals surface area contributed by atoms with Crippen molar-refractivity contribution < 1.29 is 0 Å². The molecule has 2 rings (SSSR count). The van der Waals surface area contributed by atoms with Gasteiger partial charge in [-0.15, -0.1) is 0 Å². The number of aromatic amines is 1. The van der Waals surface area contributed by atoms with Crippen molar-refractivity contribution in [1.29, 1.82) is 0 Å². The van der Waals surface area contributed by atoms with Crippen molar-refractivity contribution in [1.82, 2.24) is 9.97 Å². The molecule has 0 fully saturated rings. The van der Waals surface area contributed by atoms with E-state index in [1.165, 1.54) is 0 Å². The number of fused-ring (bicyclic) bond motifs is 1. The fraction of sp³-hybridized carbons (Fsp3) is 0. The van der Waals surface area contributed by atoms with Gasteiger partial charge in [0.05, 0.1) is 15.6 Å². The topological polar surface area (TPSA) is 54.7 Å². The first-order chi connectivity index (χ1) is 5.25. The van der Waals surface area contributed by atoms with Crippen LogP contribution in [0.25, 0.3) is 11.0 Å². The zero-order chi connectivity index (χ0) is 7.84. The fourth-order valence-corrected chi connectivity index (χ4v) is 1.59. The second kappa shape index (κ2) is 2.37. The molecule has 2 aromatic rings. The number of nitrogens with zero attached hydrogens (tertiary/aromatic N) is 1. The van der Waals surface area contributed by atoms with Crippen LogP contribution in [0.1, 0.15) is 0 Å². The standard InChI is InChI=1S/C7H6IN3/c8-6-2-4-1-5(9)3-10-7(4)11-6/h1-3H,9H2,(H,10,11). The molecule has 3 N–H and O–H groups in total. The van der Waals surface area contributed by atoms with Crippen LogP contribution in [0.2, 0.25) is 0 Å². The molecule has 0 amide bonds. The predicted octanol–water partition coefficient (Wildman–Crippen LogP) is 1.75. The average Bonchev–Trinajstić information content (AvgIpc) is 2.27. The number of nitrogen functional groups attached to an aromatic ring is 1. The summed E-state index contributed by atoms with van der Waals surface area (Å²) < 4.78 is 1.08. The molecule has 11 heavy (non-hydrogen) atoms. The summed E-state index contributed by atoms with van der Waals surface area (Å²) >= 11 is 2.21. The summed E-state index contributed by atoms with van der Waals surface area (Å²) in [6, 6.07) is 3.92. The summed E-state index contributed by atoms with van der Waals surface area (Å²) in [6.07, 6.45) is 1.65. The van der Waals surface area contributed by atoms with Gasteiger partial charge in [0.25, 0.3) is 0 Å². The summed E-state index contributed by atoms with van der Waals surface area (Å²) in [6.45, 7) is 0. The number of aromatic nitrogens is 2. The molecule has 3 nitrogen and oxygen atoms in total. The number of H-pyrrole nitrogens is 1. The summed E-state index contributed by atoms with van der Waals surface area (Å²) in [4.78, 5) is 7.22. The highest BCUT2D eigenvalue weighted by Crippen LogP contribution is 2.16. The Kier molecular flexibility index (Phi) is 1.49. The molecule has 56 valence electrons. The lowest BCUT2D eigenvalue weighted by Gasteiger charge is -1.89. The van der Waals surface area contributed by atoms with Gasteiger partial charge >= 0.3 is 0 Å². The van der Waals surface area contributed by atoms with Gasteiger partial charge in [-0.25, -0.2) is 4.98 Å². The van der Waals surface area contributed by atoms with Crippen molar-refractivity contribution >= 4 is 39.3 Å². The number of hydrogen-bond donors (Lipinski definition) is 2. The first-order valence-electron chi connectivity index (χ1n) is 3.15. The molecule has 4 heteroatoms. The van der Waals surface area contributed by atoms with Gasteiger partial charge in [-0.05, 0) is 34.7 Å². The molecule has 0 saturated carbocycles. The van der Waals surface area contributed by atoms with E-state index in [9.17, 15) is 0 Å². The van der Waals surface area contributed by atoms with Crippen molar-refractivity contribution in [3.8, 4) is 0 Å². The van der Waals surface area contributed by atoms with Gasteiger partial charge in [0.15, 0.2) is 0 Å². The molecule has 0 bridgehead atoms. The predicted molar refractivity (Wildman–Crippen MR) is 53.2 cm³/mol. The van der Waals surface area contributed by atoms with Gasteiger partial charge < -0.3 is 10.7 Å². The lowest BCUT2D eigenvalue weighted by molar-refractivity contribution is 1.30. The smallest absolute Gasteiger partial charge is 0.138 e. The monoisotopic (exact) mass is 259 g/mol. The molecule has 0 aliphatic heterocycles. The quantitative estimate of drug-likeness (QED) is 0.708. The molecule has 0 aliphatic carbocycles. The van der Waals surface area contributed by atoms with Crippen LogP contribution in [0.3, 0.4) is 0 Å². The van der Waals surface area contributed by atoms with Gasteiger partial charge in [-0.2, -0.15) is 0 Å². The molecule has 0 spiro atoms. The zero-order valence-corrected chi connectivity index (χ0v) is 7.79. The lowest BCUT2D eigenvalue weighted by atomic mass is 10.3. The molecular formula is C7H6IN3.